The highest BCUT2D eigenvalue weighted by Gasteiger charge is 2.67. The van der Waals surface area contributed by atoms with Crippen molar-refractivity contribution in [3.63, 3.8) is 0 Å². The van der Waals surface area contributed by atoms with Gasteiger partial charge in [-0.2, -0.15) is 0 Å². The summed E-state index contributed by atoms with van der Waals surface area (Å²) in [6.45, 7) is 4.43. The molecule has 2 atom stereocenters. The second-order valence-electron chi connectivity index (χ2n) is 8.54. The van der Waals surface area contributed by atoms with Gasteiger partial charge in [0.05, 0.1) is 17.4 Å². The van der Waals surface area contributed by atoms with Gasteiger partial charge >= 0.3 is 0 Å². The van der Waals surface area contributed by atoms with Crippen LogP contribution in [0.2, 0.25) is 0 Å². The molecule has 1 N–H and O–H groups in total. The van der Waals surface area contributed by atoms with Crippen LogP contribution in [0.1, 0.15) is 24.0 Å². The maximum atomic E-state index is 14.1. The third-order valence-electron chi connectivity index (χ3n) is 6.65. The molecule has 3 aliphatic rings. The van der Waals surface area contributed by atoms with E-state index >= 15 is 0 Å². The Morgan fingerprint density at radius 2 is 1.91 bits per heavy atom. The largest absolute Gasteiger partial charge is 0.507 e. The molecule has 3 heterocycles. The predicted octanol–water partition coefficient (Wildman–Crippen LogP) is 3.11. The van der Waals surface area contributed by atoms with Crippen molar-refractivity contribution in [2.45, 2.75) is 24.5 Å². The van der Waals surface area contributed by atoms with E-state index in [0.717, 1.165) is 18.6 Å². The van der Waals surface area contributed by atoms with Crippen LogP contribution in [0.3, 0.4) is 0 Å². The Bertz CT molecular complexity index is 1230. The Morgan fingerprint density at radius 1 is 1.18 bits per heavy atom. The summed E-state index contributed by atoms with van der Waals surface area (Å²) in [4.78, 5) is 43.7. The number of anilines is 1. The number of benzene rings is 2. The van der Waals surface area contributed by atoms with Crippen LogP contribution in [0.15, 0.2) is 66.8 Å². The zero-order valence-corrected chi connectivity index (χ0v) is 18.4. The van der Waals surface area contributed by atoms with Gasteiger partial charge in [0.25, 0.3) is 17.6 Å². The van der Waals surface area contributed by atoms with Crippen molar-refractivity contribution in [1.82, 2.24) is 4.90 Å². The van der Waals surface area contributed by atoms with Gasteiger partial charge in [-0.25, -0.2) is 4.39 Å². The third-order valence-corrected chi connectivity index (χ3v) is 6.65. The van der Waals surface area contributed by atoms with Gasteiger partial charge in [-0.1, -0.05) is 24.3 Å². The Labute approximate surface area is 195 Å². The summed E-state index contributed by atoms with van der Waals surface area (Å²) in [6, 6.07) is 11.8. The van der Waals surface area contributed by atoms with E-state index in [1.165, 1.54) is 21.9 Å². The number of likely N-dealkylation sites (tertiary alicyclic amines) is 1. The first kappa shape index (κ1) is 22.0. The lowest BCUT2D eigenvalue weighted by molar-refractivity contribution is -0.145. The van der Waals surface area contributed by atoms with E-state index in [1.54, 1.807) is 30.3 Å². The van der Waals surface area contributed by atoms with E-state index in [4.69, 9.17) is 4.74 Å². The Balaban J connectivity index is 1.79. The van der Waals surface area contributed by atoms with E-state index in [1.807, 2.05) is 0 Å². The van der Waals surface area contributed by atoms with E-state index in [-0.39, 0.29) is 30.3 Å². The monoisotopic (exact) mass is 462 g/mol. The maximum Gasteiger partial charge on any atom is 0.296 e. The molecule has 7 nitrogen and oxygen atoms in total. The molecule has 174 valence electrons. The molecule has 2 amide bonds. The normalized spacial score (nSPS) is 25.4. The van der Waals surface area contributed by atoms with Gasteiger partial charge in [0, 0.05) is 30.8 Å². The minimum Gasteiger partial charge on any atom is -0.507 e. The van der Waals surface area contributed by atoms with Gasteiger partial charge in [0.1, 0.15) is 11.6 Å². The fourth-order valence-electron chi connectivity index (χ4n) is 5.17. The minimum absolute atomic E-state index is 0.0206. The summed E-state index contributed by atoms with van der Waals surface area (Å²) in [6.07, 6.45) is 2.71. The molecular weight excluding hydrogens is 439 g/mol. The smallest absolute Gasteiger partial charge is 0.296 e. The number of hydrogen-bond donors (Lipinski definition) is 1. The van der Waals surface area contributed by atoms with Gasteiger partial charge in [0.2, 0.25) is 0 Å². The van der Waals surface area contributed by atoms with Gasteiger partial charge in [-0.05, 0) is 43.2 Å². The maximum absolute atomic E-state index is 14.1. The highest BCUT2D eigenvalue weighted by Crippen LogP contribution is 2.53. The number of halogens is 1. The van der Waals surface area contributed by atoms with Crippen LogP contribution in [-0.4, -0.2) is 53.4 Å². The van der Waals surface area contributed by atoms with E-state index in [0.29, 0.717) is 24.3 Å². The standard InChI is InChI=1S/C26H23FN2O5/c1-2-13-28-20-8-4-3-7-19(20)26(25(28)33)21(22(30)16-9-11-17(27)12-10-16)23(31)24(32)29(26)15-18-6-5-14-34-18/h2-4,7-12,18,30H,1,5-6,13-15H2/t18-,26-/m1/s1. The van der Waals surface area contributed by atoms with Crippen molar-refractivity contribution in [2.24, 2.45) is 0 Å². The summed E-state index contributed by atoms with van der Waals surface area (Å²) >= 11 is 0. The first-order valence-corrected chi connectivity index (χ1v) is 11.1. The Hall–Kier alpha value is -3.78. The molecule has 2 fully saturated rings. The molecule has 34 heavy (non-hydrogen) atoms. The Morgan fingerprint density at radius 3 is 2.59 bits per heavy atom. The van der Waals surface area contributed by atoms with E-state index < -0.39 is 34.7 Å². The summed E-state index contributed by atoms with van der Waals surface area (Å²) in [5.74, 6) is -3.44. The molecule has 8 heteroatoms. The van der Waals surface area contributed by atoms with Crippen molar-refractivity contribution < 1.29 is 28.6 Å². The fraction of sp³-hybridized carbons (Fsp3) is 0.269. The van der Waals surface area contributed by atoms with Crippen LogP contribution in [0.4, 0.5) is 10.1 Å². The molecule has 0 saturated carbocycles. The van der Waals surface area contributed by atoms with Gasteiger partial charge in [0.15, 0.2) is 5.54 Å². The number of para-hydroxylation sites is 1. The number of fused-ring (bicyclic) bond motifs is 2. The van der Waals surface area contributed by atoms with Crippen LogP contribution in [-0.2, 0) is 24.7 Å². The van der Waals surface area contributed by atoms with Crippen LogP contribution >= 0.6 is 0 Å². The highest BCUT2D eigenvalue weighted by molar-refractivity contribution is 6.50. The first-order valence-electron chi connectivity index (χ1n) is 11.1. The molecule has 2 aromatic rings. The lowest BCUT2D eigenvalue weighted by Crippen LogP contribution is -2.53. The number of aliphatic hydroxyl groups is 1. The molecule has 0 radical (unpaired) electrons. The molecule has 3 aliphatic heterocycles. The second-order valence-corrected chi connectivity index (χ2v) is 8.54. The van der Waals surface area contributed by atoms with E-state index in [9.17, 15) is 23.9 Å². The highest BCUT2D eigenvalue weighted by atomic mass is 19.1. The lowest BCUT2D eigenvalue weighted by atomic mass is 9.81. The molecule has 0 bridgehead atoms. The first-order chi connectivity index (χ1) is 16.4. The predicted molar refractivity (Wildman–Crippen MR) is 122 cm³/mol. The molecule has 2 aromatic carbocycles. The summed E-state index contributed by atoms with van der Waals surface area (Å²) < 4.78 is 19.3. The van der Waals surface area contributed by atoms with Crippen molar-refractivity contribution in [3.05, 3.63) is 83.7 Å². The zero-order chi connectivity index (χ0) is 24.0. The van der Waals surface area contributed by atoms with Crippen LogP contribution in [0.25, 0.3) is 5.76 Å². The number of hydrogen-bond acceptors (Lipinski definition) is 5. The van der Waals surface area contributed by atoms with Crippen molar-refractivity contribution >= 4 is 29.0 Å². The summed E-state index contributed by atoms with van der Waals surface area (Å²) in [7, 11) is 0. The van der Waals surface area contributed by atoms with Crippen molar-refractivity contribution in [1.29, 1.82) is 0 Å². The second kappa shape index (κ2) is 8.22. The van der Waals surface area contributed by atoms with E-state index in [2.05, 4.69) is 6.58 Å². The number of ketones is 1. The number of amides is 2. The molecule has 0 unspecified atom stereocenters. The number of nitrogens with zero attached hydrogens (tertiary/aromatic N) is 2. The summed E-state index contributed by atoms with van der Waals surface area (Å²) in [5.41, 5.74) is -1.12. The van der Waals surface area contributed by atoms with Gasteiger partial charge < -0.3 is 19.6 Å². The lowest BCUT2D eigenvalue weighted by Gasteiger charge is -2.35. The Kier molecular flexibility index (Phi) is 5.32. The SMILES string of the molecule is C=CCN1C(=O)[C@]2(C(=C(O)c3ccc(F)cc3)C(=O)C(=O)N2C[C@H]2CCCO2)c2ccccc21. The zero-order valence-electron chi connectivity index (χ0n) is 18.4. The summed E-state index contributed by atoms with van der Waals surface area (Å²) in [5, 5.41) is 11.3. The number of Topliss-reactive ketones (excluding diaryl/α,β-unsaturated/α-hetero) is 1. The van der Waals surface area contributed by atoms with Crippen molar-refractivity contribution in [3.8, 4) is 0 Å². The number of carbonyl (C=O) groups is 3. The number of rotatable bonds is 5. The quantitative estimate of drug-likeness (QED) is 0.319. The molecule has 1 spiro atoms. The fourth-order valence-corrected chi connectivity index (χ4v) is 5.17. The number of ether oxygens (including phenoxy) is 1. The number of aliphatic hydroxyl groups excluding tert-OH is 1. The third kappa shape index (κ3) is 3.02. The molecule has 0 aliphatic carbocycles. The average molecular weight is 462 g/mol. The van der Waals surface area contributed by atoms with Gasteiger partial charge in [-0.15, -0.1) is 6.58 Å². The average Bonchev–Trinajstić information content (AvgIpc) is 3.49. The molecule has 2 saturated heterocycles. The molecular formula is C26H23FN2O5. The minimum atomic E-state index is -1.86. The van der Waals surface area contributed by atoms with Gasteiger partial charge in [-0.3, -0.25) is 14.4 Å². The molecule has 0 aromatic heterocycles. The van der Waals surface area contributed by atoms with Crippen LogP contribution in [0.5, 0.6) is 0 Å². The van der Waals surface area contributed by atoms with Crippen LogP contribution in [0, 0.1) is 5.82 Å². The van der Waals surface area contributed by atoms with Crippen LogP contribution < -0.4 is 4.90 Å². The van der Waals surface area contributed by atoms with Crippen molar-refractivity contribution in [2.75, 3.05) is 24.6 Å². The topological polar surface area (TPSA) is 87.2 Å². The number of carbonyl (C=O) groups excluding carboxylic acids is 3. The molecule has 5 rings (SSSR count).